The number of halogens is 1. The second-order valence-corrected chi connectivity index (χ2v) is 4.34. The molecule has 1 aromatic carbocycles. The third-order valence-electron chi connectivity index (χ3n) is 2.42. The molecule has 1 aromatic heterocycles. The highest BCUT2D eigenvalue weighted by Crippen LogP contribution is 2.09. The molecule has 2 rings (SSSR count). The van der Waals surface area contributed by atoms with E-state index in [-0.39, 0.29) is 24.4 Å². The van der Waals surface area contributed by atoms with Crippen molar-refractivity contribution in [1.82, 2.24) is 20.5 Å². The van der Waals surface area contributed by atoms with Crippen molar-refractivity contribution >= 4 is 29.4 Å². The summed E-state index contributed by atoms with van der Waals surface area (Å²) in [6, 6.07) is 6.43. The van der Waals surface area contributed by atoms with Gasteiger partial charge in [0.05, 0.1) is 13.7 Å². The van der Waals surface area contributed by atoms with Gasteiger partial charge >= 0.3 is 6.01 Å². The van der Waals surface area contributed by atoms with E-state index >= 15 is 0 Å². The van der Waals surface area contributed by atoms with Crippen molar-refractivity contribution in [2.45, 2.75) is 0 Å². The Labute approximate surface area is 124 Å². The highest BCUT2D eigenvalue weighted by atomic mass is 35.5. The number of carbonyl (C=O) groups excluding carboxylic acids is 2. The lowest BCUT2D eigenvalue weighted by Gasteiger charge is -2.05. The molecule has 0 aliphatic carbocycles. The molecule has 0 radical (unpaired) electrons. The molecule has 2 amide bonds. The van der Waals surface area contributed by atoms with Crippen LogP contribution in [0.25, 0.3) is 0 Å². The van der Waals surface area contributed by atoms with Gasteiger partial charge in [0.25, 0.3) is 5.91 Å². The van der Waals surface area contributed by atoms with Crippen molar-refractivity contribution in [3.05, 3.63) is 34.9 Å². The van der Waals surface area contributed by atoms with Gasteiger partial charge in [0.2, 0.25) is 11.9 Å². The Balaban J connectivity index is 1.83. The summed E-state index contributed by atoms with van der Waals surface area (Å²) in [5.41, 5.74) is 0.411. The van der Waals surface area contributed by atoms with E-state index in [1.807, 2.05) is 0 Å². The van der Waals surface area contributed by atoms with Crippen LogP contribution in [0.2, 0.25) is 5.02 Å². The van der Waals surface area contributed by atoms with Crippen molar-refractivity contribution in [2.75, 3.05) is 19.0 Å². The number of amides is 2. The molecule has 8 nitrogen and oxygen atoms in total. The van der Waals surface area contributed by atoms with Crippen LogP contribution in [0.5, 0.6) is 6.01 Å². The first-order valence-electron chi connectivity index (χ1n) is 5.88. The number of ether oxygens (including phenoxy) is 1. The van der Waals surface area contributed by atoms with E-state index in [1.165, 1.54) is 7.11 Å². The lowest BCUT2D eigenvalue weighted by atomic mass is 10.2. The fourth-order valence-electron chi connectivity index (χ4n) is 1.43. The van der Waals surface area contributed by atoms with Crippen LogP contribution in [0.3, 0.4) is 0 Å². The number of methoxy groups -OCH3 is 1. The molecule has 3 N–H and O–H groups in total. The molecule has 0 unspecified atom stereocenters. The fourth-order valence-corrected chi connectivity index (χ4v) is 1.56. The van der Waals surface area contributed by atoms with E-state index in [0.717, 1.165) is 0 Å². The summed E-state index contributed by atoms with van der Waals surface area (Å²) >= 11 is 5.73. The molecule has 0 saturated heterocycles. The summed E-state index contributed by atoms with van der Waals surface area (Å²) < 4.78 is 4.76. The van der Waals surface area contributed by atoms with Gasteiger partial charge < -0.3 is 10.1 Å². The largest absolute Gasteiger partial charge is 0.466 e. The van der Waals surface area contributed by atoms with Crippen LogP contribution in [0.1, 0.15) is 10.4 Å². The number of aromatic amines is 1. The number of aromatic nitrogens is 3. The summed E-state index contributed by atoms with van der Waals surface area (Å²) in [7, 11) is 1.40. The van der Waals surface area contributed by atoms with Crippen LogP contribution in [0.15, 0.2) is 24.3 Å². The van der Waals surface area contributed by atoms with E-state index in [1.54, 1.807) is 24.3 Å². The number of hydrogen-bond donors (Lipinski definition) is 3. The van der Waals surface area contributed by atoms with Crippen LogP contribution < -0.4 is 15.4 Å². The Kier molecular flexibility index (Phi) is 4.72. The first-order valence-corrected chi connectivity index (χ1v) is 6.26. The zero-order valence-corrected chi connectivity index (χ0v) is 11.8. The van der Waals surface area contributed by atoms with Crippen LogP contribution in [-0.4, -0.2) is 40.7 Å². The Morgan fingerprint density at radius 1 is 1.33 bits per heavy atom. The van der Waals surface area contributed by atoms with Crippen molar-refractivity contribution in [3.63, 3.8) is 0 Å². The number of rotatable bonds is 5. The van der Waals surface area contributed by atoms with Gasteiger partial charge in [0, 0.05) is 10.6 Å². The van der Waals surface area contributed by atoms with E-state index in [2.05, 4.69) is 25.8 Å². The maximum Gasteiger partial charge on any atom is 0.336 e. The third kappa shape index (κ3) is 4.18. The maximum absolute atomic E-state index is 11.8. The predicted molar refractivity (Wildman–Crippen MR) is 75.3 cm³/mol. The lowest BCUT2D eigenvalue weighted by Crippen LogP contribution is -2.33. The molecule has 110 valence electrons. The zero-order valence-electron chi connectivity index (χ0n) is 11.0. The van der Waals surface area contributed by atoms with Crippen molar-refractivity contribution in [3.8, 4) is 6.01 Å². The third-order valence-corrected chi connectivity index (χ3v) is 2.67. The average Bonchev–Trinajstić information content (AvgIpc) is 2.93. The van der Waals surface area contributed by atoms with Gasteiger partial charge in [-0.1, -0.05) is 11.6 Å². The van der Waals surface area contributed by atoms with Gasteiger partial charge in [-0.2, -0.15) is 4.98 Å². The Hall–Kier alpha value is -2.61. The SMILES string of the molecule is COc1n[nH]c(NC(=O)CNC(=O)c2ccc(Cl)cc2)n1. The predicted octanol–water partition coefficient (Wildman–Crippen LogP) is 0.835. The van der Waals surface area contributed by atoms with Crippen molar-refractivity contribution in [1.29, 1.82) is 0 Å². The average molecular weight is 310 g/mol. The molecular weight excluding hydrogens is 298 g/mol. The molecule has 21 heavy (non-hydrogen) atoms. The number of H-pyrrole nitrogens is 1. The van der Waals surface area contributed by atoms with Gasteiger partial charge in [0.1, 0.15) is 0 Å². The molecule has 0 aliphatic heterocycles. The molecule has 9 heteroatoms. The fraction of sp³-hybridized carbons (Fsp3) is 0.167. The van der Waals surface area contributed by atoms with Gasteiger partial charge in [0.15, 0.2) is 0 Å². The number of benzene rings is 1. The van der Waals surface area contributed by atoms with Gasteiger partial charge in [-0.15, -0.1) is 5.10 Å². The smallest absolute Gasteiger partial charge is 0.336 e. The molecule has 1 heterocycles. The van der Waals surface area contributed by atoms with Gasteiger partial charge in [-0.05, 0) is 24.3 Å². The first kappa shape index (κ1) is 14.8. The maximum atomic E-state index is 11.8. The molecule has 0 saturated carbocycles. The molecule has 0 aliphatic rings. The highest BCUT2D eigenvalue weighted by Gasteiger charge is 2.10. The second-order valence-electron chi connectivity index (χ2n) is 3.91. The van der Waals surface area contributed by atoms with Crippen LogP contribution in [0.4, 0.5) is 5.95 Å². The molecule has 0 atom stereocenters. The molecule has 0 bridgehead atoms. The van der Waals surface area contributed by atoms with Crippen molar-refractivity contribution in [2.24, 2.45) is 0 Å². The second kappa shape index (κ2) is 6.71. The lowest BCUT2D eigenvalue weighted by molar-refractivity contribution is -0.115. The Morgan fingerprint density at radius 3 is 2.67 bits per heavy atom. The minimum atomic E-state index is -0.448. The highest BCUT2D eigenvalue weighted by molar-refractivity contribution is 6.30. The van der Waals surface area contributed by atoms with Crippen LogP contribution >= 0.6 is 11.6 Å². The van der Waals surface area contributed by atoms with Gasteiger partial charge in [-0.25, -0.2) is 5.10 Å². The summed E-state index contributed by atoms with van der Waals surface area (Å²) in [5.74, 6) is -0.689. The number of nitrogens with zero attached hydrogens (tertiary/aromatic N) is 2. The standard InChI is InChI=1S/C12H12ClN5O3/c1-21-12-16-11(17-18-12)15-9(19)6-14-10(20)7-2-4-8(13)5-3-7/h2-5H,6H2,1H3,(H,14,20)(H2,15,16,17,18,19). The number of anilines is 1. The summed E-state index contributed by atoms with van der Waals surface area (Å²) in [4.78, 5) is 27.2. The number of nitrogens with one attached hydrogen (secondary N) is 3. The summed E-state index contributed by atoms with van der Waals surface area (Å²) in [6.45, 7) is -0.204. The van der Waals surface area contributed by atoms with Gasteiger partial charge in [-0.3, -0.25) is 14.9 Å². The van der Waals surface area contributed by atoms with E-state index < -0.39 is 5.91 Å². The topological polar surface area (TPSA) is 109 Å². The van der Waals surface area contributed by atoms with Crippen LogP contribution in [-0.2, 0) is 4.79 Å². The molecule has 2 aromatic rings. The molecule has 0 spiro atoms. The first-order chi connectivity index (χ1) is 10.1. The quantitative estimate of drug-likeness (QED) is 0.758. The normalized spacial score (nSPS) is 10.0. The number of carbonyl (C=O) groups is 2. The monoisotopic (exact) mass is 309 g/mol. The van der Waals surface area contributed by atoms with E-state index in [0.29, 0.717) is 10.6 Å². The summed E-state index contributed by atoms with van der Waals surface area (Å²) in [6.07, 6.45) is 0. The number of hydrogen-bond acceptors (Lipinski definition) is 5. The Bertz CT molecular complexity index is 641. The molecule has 0 fully saturated rings. The van der Waals surface area contributed by atoms with E-state index in [9.17, 15) is 9.59 Å². The Morgan fingerprint density at radius 2 is 2.05 bits per heavy atom. The van der Waals surface area contributed by atoms with E-state index in [4.69, 9.17) is 16.3 Å². The van der Waals surface area contributed by atoms with Crippen LogP contribution in [0, 0.1) is 0 Å². The summed E-state index contributed by atoms with van der Waals surface area (Å²) in [5, 5.41) is 11.6. The zero-order chi connectivity index (χ0) is 15.2. The molecular formula is C12H12ClN5O3. The minimum Gasteiger partial charge on any atom is -0.466 e. The minimum absolute atomic E-state index is 0.107. The van der Waals surface area contributed by atoms with Crippen molar-refractivity contribution < 1.29 is 14.3 Å².